The van der Waals surface area contributed by atoms with Crippen LogP contribution in [0.25, 0.3) is 0 Å². The van der Waals surface area contributed by atoms with Crippen LogP contribution in [0.4, 0.5) is 39.5 Å². The van der Waals surface area contributed by atoms with Gasteiger partial charge in [0.2, 0.25) is 0 Å². The predicted octanol–water partition coefficient (Wildman–Crippen LogP) is 5.99. The van der Waals surface area contributed by atoms with Crippen molar-refractivity contribution in [3.8, 4) is 0 Å². The summed E-state index contributed by atoms with van der Waals surface area (Å²) in [6, 6.07) is 0. The number of alkyl halides is 9. The van der Waals surface area contributed by atoms with Crippen molar-refractivity contribution in [2.45, 2.75) is 83.4 Å². The molecule has 0 saturated carbocycles. The molecule has 11 heteroatoms. The molecule has 0 spiro atoms. The fourth-order valence-corrected chi connectivity index (χ4v) is 1.71. The van der Waals surface area contributed by atoms with Crippen LogP contribution in [-0.2, 0) is 9.53 Å². The van der Waals surface area contributed by atoms with Gasteiger partial charge in [0, 0.05) is 6.42 Å². The summed E-state index contributed by atoms with van der Waals surface area (Å²) in [5.41, 5.74) is -0.997. The van der Waals surface area contributed by atoms with Crippen LogP contribution in [0.5, 0.6) is 0 Å². The molecule has 0 fully saturated rings. The van der Waals surface area contributed by atoms with E-state index in [1.54, 1.807) is 6.92 Å². The summed E-state index contributed by atoms with van der Waals surface area (Å²) in [5.74, 6) is -20.0. The van der Waals surface area contributed by atoms with E-state index in [1.807, 2.05) is 0 Å². The van der Waals surface area contributed by atoms with Crippen molar-refractivity contribution in [2.24, 2.45) is 5.41 Å². The van der Waals surface area contributed by atoms with Crippen molar-refractivity contribution < 1.29 is 49.0 Å². The third kappa shape index (κ3) is 4.97. The molecule has 156 valence electrons. The third-order valence-electron chi connectivity index (χ3n) is 4.16. The van der Waals surface area contributed by atoms with Crippen molar-refractivity contribution >= 4 is 5.97 Å². The first-order valence-electron chi connectivity index (χ1n) is 7.78. The SMILES string of the molecule is CCC(CCC(F)(F)C(F)(F)C(F)(F)C(F)(F)F)OC(=O)C(C)(C)CC. The smallest absolute Gasteiger partial charge is 0.460 e. The van der Waals surface area contributed by atoms with E-state index in [2.05, 4.69) is 0 Å². The van der Waals surface area contributed by atoms with Crippen LogP contribution in [0.1, 0.15) is 53.4 Å². The van der Waals surface area contributed by atoms with E-state index in [0.717, 1.165) is 0 Å². The third-order valence-corrected chi connectivity index (χ3v) is 4.16. The van der Waals surface area contributed by atoms with E-state index >= 15 is 0 Å². The number of carbonyl (C=O) groups is 1. The first-order valence-corrected chi connectivity index (χ1v) is 7.78. The molecule has 0 heterocycles. The Morgan fingerprint density at radius 1 is 0.885 bits per heavy atom. The quantitative estimate of drug-likeness (QED) is 0.348. The Hall–Kier alpha value is -1.16. The molecule has 1 unspecified atom stereocenters. The number of ether oxygens (including phenoxy) is 1. The minimum absolute atomic E-state index is 0.108. The fraction of sp³-hybridized carbons (Fsp3) is 0.933. The zero-order valence-corrected chi connectivity index (χ0v) is 14.6. The van der Waals surface area contributed by atoms with Gasteiger partial charge in [-0.1, -0.05) is 13.8 Å². The van der Waals surface area contributed by atoms with Crippen molar-refractivity contribution in [2.75, 3.05) is 0 Å². The van der Waals surface area contributed by atoms with Gasteiger partial charge in [0.15, 0.2) is 0 Å². The van der Waals surface area contributed by atoms with Gasteiger partial charge in [0.05, 0.1) is 5.41 Å². The number of hydrogen-bond donors (Lipinski definition) is 0. The Morgan fingerprint density at radius 2 is 1.35 bits per heavy atom. The van der Waals surface area contributed by atoms with Gasteiger partial charge in [-0.15, -0.1) is 0 Å². The average Bonchev–Trinajstić information content (AvgIpc) is 2.49. The average molecular weight is 404 g/mol. The normalized spacial score (nSPS) is 15.7. The molecule has 0 bridgehead atoms. The van der Waals surface area contributed by atoms with Crippen LogP contribution >= 0.6 is 0 Å². The summed E-state index contributed by atoms with van der Waals surface area (Å²) in [6.07, 6.45) is -11.0. The van der Waals surface area contributed by atoms with E-state index in [4.69, 9.17) is 4.74 Å². The molecule has 26 heavy (non-hydrogen) atoms. The highest BCUT2D eigenvalue weighted by atomic mass is 19.4. The lowest BCUT2D eigenvalue weighted by Crippen LogP contribution is -2.60. The summed E-state index contributed by atoms with van der Waals surface area (Å²) in [4.78, 5) is 11.9. The summed E-state index contributed by atoms with van der Waals surface area (Å²) in [5, 5.41) is 0. The van der Waals surface area contributed by atoms with Crippen LogP contribution in [0, 0.1) is 5.41 Å². The number of halogens is 9. The van der Waals surface area contributed by atoms with Crippen LogP contribution in [-0.4, -0.2) is 36.0 Å². The first-order chi connectivity index (χ1) is 11.4. The van der Waals surface area contributed by atoms with E-state index in [0.29, 0.717) is 6.42 Å². The Kier molecular flexibility index (Phi) is 7.49. The Bertz CT molecular complexity index is 484. The molecule has 0 aliphatic heterocycles. The Balaban J connectivity index is 5.23. The molecule has 0 N–H and O–H groups in total. The molecule has 0 saturated heterocycles. The molecule has 0 aromatic heterocycles. The maximum Gasteiger partial charge on any atom is 0.460 e. The molecular weight excluding hydrogens is 383 g/mol. The minimum Gasteiger partial charge on any atom is -0.462 e. The van der Waals surface area contributed by atoms with Gasteiger partial charge in [-0.25, -0.2) is 0 Å². The number of carbonyl (C=O) groups excluding carboxylic acids is 1. The maximum absolute atomic E-state index is 13.5. The van der Waals surface area contributed by atoms with Crippen LogP contribution in [0.2, 0.25) is 0 Å². The Labute approximate surface area is 145 Å². The summed E-state index contributed by atoms with van der Waals surface area (Å²) in [6.45, 7) is 5.96. The van der Waals surface area contributed by atoms with E-state index in [1.165, 1.54) is 20.8 Å². The van der Waals surface area contributed by atoms with E-state index < -0.39 is 54.3 Å². The molecule has 0 aliphatic carbocycles. The van der Waals surface area contributed by atoms with Gasteiger partial charge in [-0.2, -0.15) is 39.5 Å². The zero-order valence-electron chi connectivity index (χ0n) is 14.6. The lowest BCUT2D eigenvalue weighted by Gasteiger charge is -2.34. The lowest BCUT2D eigenvalue weighted by atomic mass is 9.90. The highest BCUT2D eigenvalue weighted by Crippen LogP contribution is 2.54. The van der Waals surface area contributed by atoms with Crippen LogP contribution in [0.15, 0.2) is 0 Å². The second-order valence-corrected chi connectivity index (χ2v) is 6.56. The molecule has 0 aromatic rings. The van der Waals surface area contributed by atoms with Gasteiger partial charge in [-0.05, 0) is 33.1 Å². The number of hydrogen-bond acceptors (Lipinski definition) is 2. The monoisotopic (exact) mass is 404 g/mol. The van der Waals surface area contributed by atoms with E-state index in [9.17, 15) is 44.3 Å². The van der Waals surface area contributed by atoms with Gasteiger partial charge < -0.3 is 4.74 Å². The predicted molar refractivity (Wildman–Crippen MR) is 74.4 cm³/mol. The molecule has 0 radical (unpaired) electrons. The largest absolute Gasteiger partial charge is 0.462 e. The summed E-state index contributed by atoms with van der Waals surface area (Å²) < 4.78 is 120. The Morgan fingerprint density at radius 3 is 1.69 bits per heavy atom. The molecule has 0 amide bonds. The standard InChI is InChI=1S/C15H21F9O2/c1-5-9(26-10(25)11(3,4)6-2)7-8-12(16,17)13(18,19)14(20,21)15(22,23)24/h9H,5-8H2,1-4H3. The summed E-state index contributed by atoms with van der Waals surface area (Å²) in [7, 11) is 0. The van der Waals surface area contributed by atoms with Crippen molar-refractivity contribution in [1.82, 2.24) is 0 Å². The molecular formula is C15H21F9O2. The fourth-order valence-electron chi connectivity index (χ4n) is 1.71. The summed E-state index contributed by atoms with van der Waals surface area (Å²) >= 11 is 0. The second kappa shape index (κ2) is 7.84. The molecule has 0 rings (SSSR count). The van der Waals surface area contributed by atoms with Gasteiger partial charge in [0.1, 0.15) is 6.10 Å². The van der Waals surface area contributed by atoms with Crippen LogP contribution < -0.4 is 0 Å². The highest BCUT2D eigenvalue weighted by Gasteiger charge is 2.81. The van der Waals surface area contributed by atoms with Crippen LogP contribution in [0.3, 0.4) is 0 Å². The van der Waals surface area contributed by atoms with Gasteiger partial charge in [-0.3, -0.25) is 4.79 Å². The van der Waals surface area contributed by atoms with Gasteiger partial charge in [0.25, 0.3) is 0 Å². The zero-order chi connectivity index (χ0) is 21.2. The molecule has 2 nitrogen and oxygen atoms in total. The minimum atomic E-state index is -6.91. The van der Waals surface area contributed by atoms with Crippen molar-refractivity contribution in [1.29, 1.82) is 0 Å². The highest BCUT2D eigenvalue weighted by molar-refractivity contribution is 5.75. The van der Waals surface area contributed by atoms with Crippen molar-refractivity contribution in [3.05, 3.63) is 0 Å². The lowest BCUT2D eigenvalue weighted by molar-refractivity contribution is -0.397. The topological polar surface area (TPSA) is 26.3 Å². The second-order valence-electron chi connectivity index (χ2n) is 6.56. The van der Waals surface area contributed by atoms with E-state index in [-0.39, 0.29) is 6.42 Å². The van der Waals surface area contributed by atoms with Gasteiger partial charge >= 0.3 is 29.9 Å². The number of esters is 1. The molecule has 0 aliphatic rings. The number of rotatable bonds is 9. The molecule has 0 aromatic carbocycles. The molecule has 1 atom stereocenters. The maximum atomic E-state index is 13.5. The first kappa shape index (κ1) is 24.8. The van der Waals surface area contributed by atoms with Crippen molar-refractivity contribution in [3.63, 3.8) is 0 Å².